The second-order valence-electron chi connectivity index (χ2n) is 8.54. The molecule has 0 fully saturated rings. The van der Waals surface area contributed by atoms with Gasteiger partial charge in [-0.1, -0.05) is 55.5 Å². The van der Waals surface area contributed by atoms with E-state index in [2.05, 4.69) is 81.2 Å². The standard InChI is InChI=1S/C24H31N3O/c1-6-23(2,3)26(4)22-25-24(28-27(22)5)20-16-9-7-12-18(20)14-11-15-19-13-8-10-17-21(19)24/h7-10,12-13,16-17H,6,11,14-15H2,1-5H3. The van der Waals surface area contributed by atoms with Crippen molar-refractivity contribution in [3.63, 3.8) is 0 Å². The molecular weight excluding hydrogens is 346 g/mol. The first-order valence-electron chi connectivity index (χ1n) is 10.3. The van der Waals surface area contributed by atoms with Crippen LogP contribution in [0.15, 0.2) is 53.5 Å². The predicted molar refractivity (Wildman–Crippen MR) is 114 cm³/mol. The van der Waals surface area contributed by atoms with Crippen molar-refractivity contribution in [2.24, 2.45) is 4.99 Å². The van der Waals surface area contributed by atoms with Gasteiger partial charge in [-0.2, -0.15) is 0 Å². The van der Waals surface area contributed by atoms with Gasteiger partial charge >= 0.3 is 0 Å². The summed E-state index contributed by atoms with van der Waals surface area (Å²) in [5.74, 6) is 0.872. The molecule has 0 saturated heterocycles. The normalized spacial score (nSPS) is 18.2. The Balaban J connectivity index is 1.95. The van der Waals surface area contributed by atoms with Gasteiger partial charge in [-0.05, 0) is 50.7 Å². The van der Waals surface area contributed by atoms with Crippen LogP contribution in [0.3, 0.4) is 0 Å². The Morgan fingerprint density at radius 2 is 1.57 bits per heavy atom. The maximum absolute atomic E-state index is 6.64. The minimum atomic E-state index is -0.824. The molecule has 1 aliphatic heterocycles. The van der Waals surface area contributed by atoms with Gasteiger partial charge in [-0.25, -0.2) is 14.9 Å². The van der Waals surface area contributed by atoms with Gasteiger partial charge in [0.2, 0.25) is 11.7 Å². The van der Waals surface area contributed by atoms with Gasteiger partial charge < -0.3 is 4.90 Å². The molecule has 0 saturated carbocycles. The number of hydrogen-bond donors (Lipinski definition) is 0. The molecule has 1 aliphatic carbocycles. The highest BCUT2D eigenvalue weighted by atomic mass is 16.7. The number of hydrogen-bond acceptors (Lipinski definition) is 4. The minimum Gasteiger partial charge on any atom is -0.339 e. The number of aliphatic imine (C=N–C) groups is 1. The van der Waals surface area contributed by atoms with E-state index in [-0.39, 0.29) is 5.54 Å². The molecule has 148 valence electrons. The average molecular weight is 378 g/mol. The van der Waals surface area contributed by atoms with Crippen molar-refractivity contribution in [2.45, 2.75) is 57.7 Å². The number of fused-ring (bicyclic) bond motifs is 4. The molecule has 4 nitrogen and oxygen atoms in total. The summed E-state index contributed by atoms with van der Waals surface area (Å²) in [5, 5.41) is 1.85. The summed E-state index contributed by atoms with van der Waals surface area (Å²) in [7, 11) is 4.09. The van der Waals surface area contributed by atoms with Crippen LogP contribution in [0.25, 0.3) is 0 Å². The van der Waals surface area contributed by atoms with Crippen LogP contribution in [0.4, 0.5) is 0 Å². The van der Waals surface area contributed by atoms with Crippen molar-refractivity contribution in [1.82, 2.24) is 9.96 Å². The van der Waals surface area contributed by atoms with Crippen molar-refractivity contribution in [3.8, 4) is 0 Å². The Morgan fingerprint density at radius 3 is 2.11 bits per heavy atom. The topological polar surface area (TPSA) is 28.1 Å². The molecule has 2 aromatic carbocycles. The van der Waals surface area contributed by atoms with Crippen molar-refractivity contribution >= 4 is 5.96 Å². The first-order chi connectivity index (χ1) is 13.4. The van der Waals surface area contributed by atoms with Crippen LogP contribution in [-0.2, 0) is 23.4 Å². The molecule has 0 unspecified atom stereocenters. The maximum Gasteiger partial charge on any atom is 0.240 e. The first kappa shape index (κ1) is 19.0. The van der Waals surface area contributed by atoms with Crippen LogP contribution >= 0.6 is 0 Å². The molecule has 4 rings (SSSR count). The second-order valence-corrected chi connectivity index (χ2v) is 8.54. The van der Waals surface area contributed by atoms with Gasteiger partial charge in [-0.3, -0.25) is 0 Å². The maximum atomic E-state index is 6.64. The summed E-state index contributed by atoms with van der Waals surface area (Å²) in [4.78, 5) is 14.2. The summed E-state index contributed by atoms with van der Waals surface area (Å²) < 4.78 is 0. The number of aryl methyl sites for hydroxylation is 2. The second kappa shape index (κ2) is 6.93. The SMILES string of the molecule is CCC(C)(C)N(C)C1=NC2(ON1C)c1ccccc1CCCc1ccccc12. The van der Waals surface area contributed by atoms with Gasteiger partial charge in [0.15, 0.2) is 0 Å². The van der Waals surface area contributed by atoms with Crippen molar-refractivity contribution in [2.75, 3.05) is 14.1 Å². The van der Waals surface area contributed by atoms with Crippen molar-refractivity contribution in [1.29, 1.82) is 0 Å². The largest absolute Gasteiger partial charge is 0.339 e. The average Bonchev–Trinajstić information content (AvgIpc) is 3.05. The van der Waals surface area contributed by atoms with E-state index in [4.69, 9.17) is 9.83 Å². The number of hydroxylamine groups is 2. The van der Waals surface area contributed by atoms with Crippen LogP contribution in [0.1, 0.15) is 55.9 Å². The summed E-state index contributed by atoms with van der Waals surface area (Å²) in [6.45, 7) is 6.70. The molecule has 0 aromatic heterocycles. The van der Waals surface area contributed by atoms with Gasteiger partial charge in [0.1, 0.15) is 0 Å². The van der Waals surface area contributed by atoms with Crippen molar-refractivity contribution < 1.29 is 4.84 Å². The summed E-state index contributed by atoms with van der Waals surface area (Å²) in [6, 6.07) is 17.3. The summed E-state index contributed by atoms with van der Waals surface area (Å²) in [5.41, 5.74) is 4.14. The lowest BCUT2D eigenvalue weighted by atomic mass is 9.83. The fraction of sp³-hybridized carbons (Fsp3) is 0.458. The Morgan fingerprint density at radius 1 is 1.04 bits per heavy atom. The third-order valence-corrected chi connectivity index (χ3v) is 6.54. The van der Waals surface area contributed by atoms with Crippen molar-refractivity contribution in [3.05, 3.63) is 70.8 Å². The Hall–Kier alpha value is -2.33. The number of nitrogens with zero attached hydrogens (tertiary/aromatic N) is 3. The molecule has 0 N–H and O–H groups in total. The molecule has 0 bridgehead atoms. The molecule has 0 atom stereocenters. The number of guanidine groups is 1. The van der Waals surface area contributed by atoms with Crippen LogP contribution in [0, 0.1) is 0 Å². The molecule has 0 radical (unpaired) electrons. The zero-order valence-corrected chi connectivity index (χ0v) is 17.7. The van der Waals surface area contributed by atoms with Crippen LogP contribution in [0.5, 0.6) is 0 Å². The van der Waals surface area contributed by atoms with Crippen LogP contribution in [0.2, 0.25) is 0 Å². The fourth-order valence-corrected chi connectivity index (χ4v) is 4.24. The third kappa shape index (κ3) is 2.91. The van der Waals surface area contributed by atoms with Gasteiger partial charge in [0, 0.05) is 30.8 Å². The molecule has 2 aromatic rings. The smallest absolute Gasteiger partial charge is 0.240 e. The lowest BCUT2D eigenvalue weighted by Gasteiger charge is -2.37. The van der Waals surface area contributed by atoms with Gasteiger partial charge in [-0.15, -0.1) is 0 Å². The van der Waals surface area contributed by atoms with E-state index < -0.39 is 5.72 Å². The van der Waals surface area contributed by atoms with Gasteiger partial charge in [0.05, 0.1) is 0 Å². The molecule has 1 heterocycles. The van der Waals surface area contributed by atoms with E-state index in [1.165, 1.54) is 11.1 Å². The van der Waals surface area contributed by atoms with E-state index >= 15 is 0 Å². The zero-order chi connectivity index (χ0) is 19.9. The predicted octanol–water partition coefficient (Wildman–Crippen LogP) is 4.73. The van der Waals surface area contributed by atoms with E-state index in [1.807, 2.05) is 12.1 Å². The summed E-state index contributed by atoms with van der Waals surface area (Å²) >= 11 is 0. The molecule has 1 spiro atoms. The fourth-order valence-electron chi connectivity index (χ4n) is 4.24. The van der Waals surface area contributed by atoms with E-state index in [1.54, 1.807) is 0 Å². The third-order valence-electron chi connectivity index (χ3n) is 6.54. The van der Waals surface area contributed by atoms with E-state index in [9.17, 15) is 0 Å². The van der Waals surface area contributed by atoms with E-state index in [0.29, 0.717) is 0 Å². The van der Waals surface area contributed by atoms with E-state index in [0.717, 1.165) is 42.8 Å². The quantitative estimate of drug-likeness (QED) is 0.757. The lowest BCUT2D eigenvalue weighted by molar-refractivity contribution is -0.157. The Labute approximate surface area is 168 Å². The highest BCUT2D eigenvalue weighted by Crippen LogP contribution is 2.45. The van der Waals surface area contributed by atoms with Crippen LogP contribution < -0.4 is 0 Å². The molecule has 2 aliphatic rings. The minimum absolute atomic E-state index is 0.0113. The monoisotopic (exact) mass is 377 g/mol. The molecule has 4 heteroatoms. The lowest BCUT2D eigenvalue weighted by Crippen LogP contribution is -2.48. The summed E-state index contributed by atoms with van der Waals surface area (Å²) in [6.07, 6.45) is 4.25. The number of rotatable bonds is 2. The number of benzene rings is 2. The Kier molecular flexibility index (Phi) is 4.70. The highest BCUT2D eigenvalue weighted by Gasteiger charge is 2.48. The highest BCUT2D eigenvalue weighted by molar-refractivity contribution is 5.82. The molecular formula is C24H31N3O. The molecule has 28 heavy (non-hydrogen) atoms. The Bertz CT molecular complexity index is 855. The zero-order valence-electron chi connectivity index (χ0n) is 17.7. The first-order valence-corrected chi connectivity index (χ1v) is 10.3. The van der Waals surface area contributed by atoms with Crippen LogP contribution in [-0.4, -0.2) is 35.6 Å². The van der Waals surface area contributed by atoms with Gasteiger partial charge in [0.25, 0.3) is 0 Å². The molecule has 0 amide bonds.